The first-order valence-corrected chi connectivity index (χ1v) is 7.83. The summed E-state index contributed by atoms with van der Waals surface area (Å²) < 4.78 is 0. The second-order valence-electron chi connectivity index (χ2n) is 5.94. The summed E-state index contributed by atoms with van der Waals surface area (Å²) in [7, 11) is 0. The predicted molar refractivity (Wildman–Crippen MR) is 85.3 cm³/mol. The Morgan fingerprint density at radius 2 is 1.57 bits per heavy atom. The van der Waals surface area contributed by atoms with E-state index in [0.717, 1.165) is 45.0 Å². The van der Waals surface area contributed by atoms with Gasteiger partial charge in [0.25, 0.3) is 0 Å². The first kappa shape index (κ1) is 14.2. The van der Waals surface area contributed by atoms with Crippen LogP contribution in [0.5, 0.6) is 0 Å². The fraction of sp³-hybridized carbons (Fsp3) is 0.562. The number of carbonyl (C=O) groups excluding carboxylic acids is 1. The highest BCUT2D eigenvalue weighted by Crippen LogP contribution is 2.18. The number of piperazine rings is 1. The van der Waals surface area contributed by atoms with Crippen LogP contribution in [0.25, 0.3) is 0 Å². The molecule has 2 N–H and O–H groups in total. The van der Waals surface area contributed by atoms with Gasteiger partial charge in [-0.2, -0.15) is 0 Å². The van der Waals surface area contributed by atoms with Crippen LogP contribution in [-0.2, 0) is 4.79 Å². The maximum atomic E-state index is 12.3. The molecule has 114 valence electrons. The number of rotatable bonds is 3. The molecule has 0 aliphatic carbocycles. The Hall–Kier alpha value is -1.75. The van der Waals surface area contributed by atoms with Crippen LogP contribution < -0.4 is 10.6 Å². The Morgan fingerprint density at radius 3 is 2.19 bits per heavy atom. The zero-order valence-corrected chi connectivity index (χ0v) is 12.5. The molecule has 0 unspecified atom stereocenters. The third kappa shape index (κ3) is 3.47. The number of hydrogen-bond acceptors (Lipinski definition) is 4. The Labute approximate surface area is 126 Å². The largest absolute Gasteiger partial charge is 0.399 e. The number of nitrogens with zero attached hydrogens (tertiary/aromatic N) is 3. The summed E-state index contributed by atoms with van der Waals surface area (Å²) in [4.78, 5) is 18.9. The van der Waals surface area contributed by atoms with Gasteiger partial charge in [-0.3, -0.25) is 9.69 Å². The van der Waals surface area contributed by atoms with Gasteiger partial charge < -0.3 is 15.5 Å². The van der Waals surface area contributed by atoms with Crippen molar-refractivity contribution in [3.8, 4) is 0 Å². The normalized spacial score (nSPS) is 20.0. The number of nitrogens with two attached hydrogens (primary N) is 1. The lowest BCUT2D eigenvalue weighted by molar-refractivity contribution is -0.132. The quantitative estimate of drug-likeness (QED) is 0.844. The minimum atomic E-state index is 0.286. The van der Waals surface area contributed by atoms with Crippen LogP contribution >= 0.6 is 0 Å². The Kier molecular flexibility index (Phi) is 4.29. The number of anilines is 2. The number of hydrogen-bond donors (Lipinski definition) is 1. The van der Waals surface area contributed by atoms with Crippen LogP contribution in [0, 0.1) is 0 Å². The smallest absolute Gasteiger partial charge is 0.236 e. The fourth-order valence-electron chi connectivity index (χ4n) is 3.13. The first-order valence-electron chi connectivity index (χ1n) is 7.83. The number of likely N-dealkylation sites (tertiary alicyclic amines) is 1. The molecule has 0 saturated carbocycles. The van der Waals surface area contributed by atoms with Crippen molar-refractivity contribution in [1.82, 2.24) is 9.80 Å². The maximum Gasteiger partial charge on any atom is 0.236 e. The standard InChI is InChI=1S/C16H24N4O/c17-14-3-5-15(6-4-14)19-9-11-20(12-10-19)16(21)13-18-7-1-2-8-18/h3-6H,1-2,7-13,17H2. The molecule has 1 aromatic rings. The molecular weight excluding hydrogens is 264 g/mol. The third-order valence-corrected chi connectivity index (χ3v) is 4.45. The highest BCUT2D eigenvalue weighted by molar-refractivity contribution is 5.78. The number of benzene rings is 1. The van der Waals surface area contributed by atoms with E-state index in [0.29, 0.717) is 6.54 Å². The van der Waals surface area contributed by atoms with Crippen molar-refractivity contribution in [3.63, 3.8) is 0 Å². The fourth-order valence-corrected chi connectivity index (χ4v) is 3.13. The van der Waals surface area contributed by atoms with E-state index in [1.807, 2.05) is 17.0 Å². The molecule has 2 aliphatic rings. The summed E-state index contributed by atoms with van der Waals surface area (Å²) in [5.41, 5.74) is 7.70. The molecule has 21 heavy (non-hydrogen) atoms. The van der Waals surface area contributed by atoms with Crippen LogP contribution in [0.1, 0.15) is 12.8 Å². The average molecular weight is 288 g/mol. The minimum absolute atomic E-state index is 0.286. The molecule has 0 atom stereocenters. The van der Waals surface area contributed by atoms with Gasteiger partial charge in [-0.25, -0.2) is 0 Å². The molecule has 1 aromatic carbocycles. The van der Waals surface area contributed by atoms with E-state index in [2.05, 4.69) is 21.9 Å². The van der Waals surface area contributed by atoms with E-state index in [9.17, 15) is 4.79 Å². The van der Waals surface area contributed by atoms with Crippen LogP contribution in [0.4, 0.5) is 11.4 Å². The van der Waals surface area contributed by atoms with Gasteiger partial charge in [0.1, 0.15) is 0 Å². The van der Waals surface area contributed by atoms with Crippen molar-refractivity contribution < 1.29 is 4.79 Å². The van der Waals surface area contributed by atoms with Gasteiger partial charge >= 0.3 is 0 Å². The van der Waals surface area contributed by atoms with E-state index < -0.39 is 0 Å². The molecule has 0 spiro atoms. The molecule has 2 fully saturated rings. The van der Waals surface area contributed by atoms with Crippen LogP contribution in [0.2, 0.25) is 0 Å². The molecule has 2 aliphatic heterocycles. The number of carbonyl (C=O) groups is 1. The molecule has 0 bridgehead atoms. The summed E-state index contributed by atoms with van der Waals surface area (Å²) in [5.74, 6) is 0.286. The topological polar surface area (TPSA) is 52.8 Å². The molecule has 2 heterocycles. The monoisotopic (exact) mass is 288 g/mol. The molecule has 5 nitrogen and oxygen atoms in total. The summed E-state index contributed by atoms with van der Waals surface area (Å²) in [6.45, 7) is 6.19. The van der Waals surface area contributed by atoms with Gasteiger partial charge in [-0.1, -0.05) is 0 Å². The van der Waals surface area contributed by atoms with Crippen molar-refractivity contribution in [1.29, 1.82) is 0 Å². The van der Waals surface area contributed by atoms with Gasteiger partial charge in [-0.05, 0) is 50.2 Å². The highest BCUT2D eigenvalue weighted by atomic mass is 16.2. The van der Waals surface area contributed by atoms with Crippen LogP contribution in [-0.4, -0.2) is 61.5 Å². The minimum Gasteiger partial charge on any atom is -0.399 e. The van der Waals surface area contributed by atoms with E-state index in [4.69, 9.17) is 5.73 Å². The number of amides is 1. The van der Waals surface area contributed by atoms with Crippen molar-refractivity contribution in [2.45, 2.75) is 12.8 Å². The summed E-state index contributed by atoms with van der Waals surface area (Å²) >= 11 is 0. The van der Waals surface area contributed by atoms with E-state index in [1.54, 1.807) is 0 Å². The Morgan fingerprint density at radius 1 is 0.952 bits per heavy atom. The highest BCUT2D eigenvalue weighted by Gasteiger charge is 2.23. The molecule has 5 heteroatoms. The first-order chi connectivity index (χ1) is 10.2. The van der Waals surface area contributed by atoms with E-state index >= 15 is 0 Å². The zero-order valence-electron chi connectivity index (χ0n) is 12.5. The predicted octanol–water partition coefficient (Wildman–Crippen LogP) is 1.01. The molecule has 2 saturated heterocycles. The average Bonchev–Trinajstić information content (AvgIpc) is 3.01. The SMILES string of the molecule is Nc1ccc(N2CCN(C(=O)CN3CCCC3)CC2)cc1. The van der Waals surface area contributed by atoms with Gasteiger partial charge in [0.15, 0.2) is 0 Å². The van der Waals surface area contributed by atoms with Gasteiger partial charge in [0.05, 0.1) is 6.54 Å². The Bertz CT molecular complexity index is 474. The van der Waals surface area contributed by atoms with E-state index in [-0.39, 0.29) is 5.91 Å². The van der Waals surface area contributed by atoms with Crippen molar-refractivity contribution in [2.24, 2.45) is 0 Å². The molecule has 0 radical (unpaired) electrons. The number of nitrogen functional groups attached to an aromatic ring is 1. The molecule has 0 aromatic heterocycles. The van der Waals surface area contributed by atoms with Crippen molar-refractivity contribution in [2.75, 3.05) is 56.4 Å². The van der Waals surface area contributed by atoms with Gasteiger partial charge in [0.2, 0.25) is 5.91 Å². The summed E-state index contributed by atoms with van der Waals surface area (Å²) in [5, 5.41) is 0. The molecule has 3 rings (SSSR count). The molecular formula is C16H24N4O. The summed E-state index contributed by atoms with van der Waals surface area (Å²) in [6.07, 6.45) is 2.47. The van der Waals surface area contributed by atoms with E-state index in [1.165, 1.54) is 18.5 Å². The van der Waals surface area contributed by atoms with Crippen LogP contribution in [0.15, 0.2) is 24.3 Å². The van der Waals surface area contributed by atoms with Gasteiger partial charge in [-0.15, -0.1) is 0 Å². The maximum absolute atomic E-state index is 12.3. The lowest BCUT2D eigenvalue weighted by Crippen LogP contribution is -2.51. The molecule has 1 amide bonds. The summed E-state index contributed by atoms with van der Waals surface area (Å²) in [6, 6.07) is 7.97. The lowest BCUT2D eigenvalue weighted by Gasteiger charge is -2.36. The third-order valence-electron chi connectivity index (χ3n) is 4.45. The zero-order chi connectivity index (χ0) is 14.7. The second kappa shape index (κ2) is 6.35. The van der Waals surface area contributed by atoms with Gasteiger partial charge in [0, 0.05) is 37.6 Å². The Balaban J connectivity index is 1.50. The van der Waals surface area contributed by atoms with Crippen LogP contribution in [0.3, 0.4) is 0 Å². The van der Waals surface area contributed by atoms with Crippen molar-refractivity contribution >= 4 is 17.3 Å². The second-order valence-corrected chi connectivity index (χ2v) is 5.94. The lowest BCUT2D eigenvalue weighted by atomic mass is 10.2. The van der Waals surface area contributed by atoms with Crippen molar-refractivity contribution in [3.05, 3.63) is 24.3 Å².